The zero-order valence-electron chi connectivity index (χ0n) is 23.3. The molecule has 4 unspecified atom stereocenters. The molecule has 4 fully saturated rings. The van der Waals surface area contributed by atoms with E-state index in [-0.39, 0.29) is 23.8 Å². The van der Waals surface area contributed by atoms with Crippen LogP contribution in [0.15, 0.2) is 36.4 Å². The molecule has 4 aliphatic heterocycles. The van der Waals surface area contributed by atoms with Crippen LogP contribution >= 0.6 is 11.6 Å². The molecule has 3 saturated heterocycles. The van der Waals surface area contributed by atoms with Crippen LogP contribution in [0.4, 0.5) is 5.69 Å². The Kier molecular flexibility index (Phi) is 7.94. The van der Waals surface area contributed by atoms with Crippen LogP contribution in [0.2, 0.25) is 5.02 Å². The van der Waals surface area contributed by atoms with Gasteiger partial charge in [0.15, 0.2) is 0 Å². The first-order chi connectivity index (χ1) is 19.4. The Balaban J connectivity index is 1.27. The van der Waals surface area contributed by atoms with Crippen LogP contribution in [0.1, 0.15) is 64.7 Å². The fourth-order valence-electron chi connectivity index (χ4n) is 7.88. The summed E-state index contributed by atoms with van der Waals surface area (Å²) in [5.41, 5.74) is -0.564. The molecule has 0 aromatic heterocycles. The van der Waals surface area contributed by atoms with Crippen LogP contribution in [0, 0.1) is 11.8 Å². The average molecular weight is 569 g/mol. The van der Waals surface area contributed by atoms with Crippen molar-refractivity contribution in [2.24, 2.45) is 11.8 Å². The lowest BCUT2D eigenvalue weighted by Crippen LogP contribution is -2.57. The molecule has 6 atom stereocenters. The Bertz CT molecular complexity index is 1170. The number of anilines is 1. The molecule has 3 amide bonds. The van der Waals surface area contributed by atoms with E-state index in [0.29, 0.717) is 29.8 Å². The van der Waals surface area contributed by atoms with Crippen molar-refractivity contribution in [1.29, 1.82) is 0 Å². The van der Waals surface area contributed by atoms with Gasteiger partial charge in [-0.05, 0) is 56.8 Å². The second-order valence-corrected chi connectivity index (χ2v) is 12.6. The van der Waals surface area contributed by atoms with Crippen LogP contribution < -0.4 is 10.6 Å². The monoisotopic (exact) mass is 568 g/mol. The largest absolute Gasteiger partial charge is 0.359 e. The van der Waals surface area contributed by atoms with Gasteiger partial charge in [0.2, 0.25) is 17.7 Å². The molecule has 1 aliphatic carbocycles. The molecule has 0 radical (unpaired) electrons. The van der Waals surface area contributed by atoms with E-state index in [4.69, 9.17) is 16.3 Å². The van der Waals surface area contributed by atoms with E-state index in [1.54, 1.807) is 29.2 Å². The molecule has 1 spiro atoms. The fraction of sp³-hybridized carbons (Fsp3) is 0.645. The third-order valence-corrected chi connectivity index (χ3v) is 10.1. The van der Waals surface area contributed by atoms with Gasteiger partial charge in [-0.25, -0.2) is 0 Å². The van der Waals surface area contributed by atoms with E-state index in [2.05, 4.69) is 22.5 Å². The minimum absolute atomic E-state index is 0.115. The molecule has 8 nitrogen and oxygen atoms in total. The highest BCUT2D eigenvalue weighted by atomic mass is 35.5. The molecule has 6 rings (SSSR count). The van der Waals surface area contributed by atoms with E-state index in [9.17, 15) is 14.4 Å². The van der Waals surface area contributed by atoms with Gasteiger partial charge in [0, 0.05) is 35.9 Å². The standard InChI is InChI=1S/C31H41ClN4O4/c1-2-23-13-6-7-16-35(23)17-18-36-27(29(38)33-21-10-4-3-5-11-21)31-15-14-24(40-31)25(26(31)30(36)39)28(37)34-22-12-8-9-20(32)19-22/h8-9,12,14-15,19,21,23-27H,2-7,10-11,13,16-18H2,1H3,(H,33,38)(H,34,37)/t23?,24-,25?,26-,27?,31?/m0/s1. The summed E-state index contributed by atoms with van der Waals surface area (Å²) in [4.78, 5) is 46.1. The molecular weight excluding hydrogens is 528 g/mol. The number of piperidine rings is 1. The van der Waals surface area contributed by atoms with Crippen molar-refractivity contribution < 1.29 is 19.1 Å². The van der Waals surface area contributed by atoms with Crippen LogP contribution in [-0.2, 0) is 19.1 Å². The normalized spacial score (nSPS) is 33.8. The van der Waals surface area contributed by atoms with Gasteiger partial charge in [-0.15, -0.1) is 0 Å². The summed E-state index contributed by atoms with van der Waals surface area (Å²) in [6.07, 6.45) is 13.2. The van der Waals surface area contributed by atoms with Crippen molar-refractivity contribution in [3.05, 3.63) is 41.4 Å². The number of rotatable bonds is 8. The highest BCUT2D eigenvalue weighted by Gasteiger charge is 2.72. The van der Waals surface area contributed by atoms with Gasteiger partial charge in [-0.1, -0.05) is 62.4 Å². The summed E-state index contributed by atoms with van der Waals surface area (Å²) in [6, 6.07) is 6.80. The van der Waals surface area contributed by atoms with E-state index < -0.39 is 29.6 Å². The molecule has 1 aromatic rings. The minimum Gasteiger partial charge on any atom is -0.359 e. The van der Waals surface area contributed by atoms with Gasteiger partial charge in [-0.2, -0.15) is 0 Å². The van der Waals surface area contributed by atoms with E-state index in [1.807, 2.05) is 12.2 Å². The number of carbonyl (C=O) groups excluding carboxylic acids is 3. The number of halogens is 1. The molecule has 1 aromatic carbocycles. The average Bonchev–Trinajstić information content (AvgIpc) is 3.60. The lowest BCUT2D eigenvalue weighted by atomic mass is 9.74. The zero-order valence-corrected chi connectivity index (χ0v) is 24.1. The summed E-state index contributed by atoms with van der Waals surface area (Å²) >= 11 is 6.14. The predicted molar refractivity (Wildman–Crippen MR) is 154 cm³/mol. The van der Waals surface area contributed by atoms with Gasteiger partial charge >= 0.3 is 0 Å². The number of fused-ring (bicyclic) bond motifs is 1. The number of hydrogen-bond donors (Lipinski definition) is 2. The quantitative estimate of drug-likeness (QED) is 0.460. The number of amides is 3. The van der Waals surface area contributed by atoms with Crippen LogP contribution in [-0.4, -0.2) is 77.0 Å². The summed E-state index contributed by atoms with van der Waals surface area (Å²) in [6.45, 7) is 4.39. The maximum absolute atomic E-state index is 14.2. The number of ether oxygens (including phenoxy) is 1. The first kappa shape index (κ1) is 27.7. The SMILES string of the molecule is CCC1CCCCN1CCN1C(=O)[C@@H]2C(C(=O)Nc3cccc(Cl)c3)[C@@H]3C=CC2(O3)C1C(=O)NC1CCCCC1. The maximum atomic E-state index is 14.2. The number of nitrogens with one attached hydrogen (secondary N) is 2. The predicted octanol–water partition coefficient (Wildman–Crippen LogP) is 4.14. The number of likely N-dealkylation sites (tertiary alicyclic amines) is 2. The van der Waals surface area contributed by atoms with Crippen molar-refractivity contribution >= 4 is 35.0 Å². The molecule has 4 heterocycles. The van der Waals surface area contributed by atoms with E-state index >= 15 is 0 Å². The van der Waals surface area contributed by atoms with E-state index in [0.717, 1.165) is 45.1 Å². The third kappa shape index (κ3) is 4.96. The summed E-state index contributed by atoms with van der Waals surface area (Å²) in [5, 5.41) is 6.74. The van der Waals surface area contributed by atoms with Crippen molar-refractivity contribution in [2.75, 3.05) is 25.0 Å². The van der Waals surface area contributed by atoms with Crippen molar-refractivity contribution in [3.63, 3.8) is 0 Å². The lowest BCUT2D eigenvalue weighted by molar-refractivity contribution is -0.141. The van der Waals surface area contributed by atoms with Crippen LogP contribution in [0.3, 0.4) is 0 Å². The molecule has 2 bridgehead atoms. The minimum atomic E-state index is -1.14. The van der Waals surface area contributed by atoms with E-state index in [1.165, 1.54) is 19.3 Å². The van der Waals surface area contributed by atoms with Gasteiger partial charge in [0.25, 0.3) is 0 Å². The van der Waals surface area contributed by atoms with Crippen LogP contribution in [0.25, 0.3) is 0 Å². The number of nitrogens with zero attached hydrogens (tertiary/aromatic N) is 2. The molecule has 216 valence electrons. The van der Waals surface area contributed by atoms with Crippen molar-refractivity contribution in [3.8, 4) is 0 Å². The molecule has 2 N–H and O–H groups in total. The number of benzene rings is 1. The second-order valence-electron chi connectivity index (χ2n) is 12.2. The Morgan fingerprint density at radius 3 is 2.65 bits per heavy atom. The highest BCUT2D eigenvalue weighted by Crippen LogP contribution is 2.55. The molecule has 9 heteroatoms. The first-order valence-corrected chi connectivity index (χ1v) is 15.6. The zero-order chi connectivity index (χ0) is 27.9. The summed E-state index contributed by atoms with van der Waals surface area (Å²) in [7, 11) is 0. The molecule has 5 aliphatic rings. The Labute approximate surface area is 241 Å². The Hall–Kier alpha value is -2.42. The molecular formula is C31H41ClN4O4. The highest BCUT2D eigenvalue weighted by molar-refractivity contribution is 6.30. The van der Waals surface area contributed by atoms with Gasteiger partial charge in [-0.3, -0.25) is 19.3 Å². The third-order valence-electron chi connectivity index (χ3n) is 9.82. The number of hydrogen-bond acceptors (Lipinski definition) is 5. The Morgan fingerprint density at radius 1 is 1.07 bits per heavy atom. The first-order valence-electron chi connectivity index (χ1n) is 15.2. The molecule has 40 heavy (non-hydrogen) atoms. The van der Waals surface area contributed by atoms with Gasteiger partial charge in [0.05, 0.1) is 17.9 Å². The van der Waals surface area contributed by atoms with Crippen LogP contribution in [0.5, 0.6) is 0 Å². The van der Waals surface area contributed by atoms with Gasteiger partial charge in [0.1, 0.15) is 11.6 Å². The maximum Gasteiger partial charge on any atom is 0.246 e. The Morgan fingerprint density at radius 2 is 1.88 bits per heavy atom. The lowest BCUT2D eigenvalue weighted by Gasteiger charge is -2.38. The molecule has 1 saturated carbocycles. The summed E-state index contributed by atoms with van der Waals surface area (Å²) < 4.78 is 6.50. The van der Waals surface area contributed by atoms with Gasteiger partial charge < -0.3 is 20.3 Å². The smallest absolute Gasteiger partial charge is 0.246 e. The van der Waals surface area contributed by atoms with Crippen molar-refractivity contribution in [2.45, 2.75) is 94.5 Å². The second kappa shape index (κ2) is 11.5. The summed E-state index contributed by atoms with van der Waals surface area (Å²) in [5.74, 6) is -2.06. The van der Waals surface area contributed by atoms with Crippen molar-refractivity contribution in [1.82, 2.24) is 15.1 Å². The fourth-order valence-corrected chi connectivity index (χ4v) is 8.07. The topological polar surface area (TPSA) is 91.0 Å². The number of carbonyl (C=O) groups is 3.